The molecule has 2 N–H and O–H groups in total. The number of phenolic OH excluding ortho intramolecular Hbond substituents is 1. The summed E-state index contributed by atoms with van der Waals surface area (Å²) in [6.07, 6.45) is 2.32. The van der Waals surface area contributed by atoms with Crippen molar-refractivity contribution in [3.63, 3.8) is 0 Å². The smallest absolute Gasteiger partial charge is 0.300 e. The van der Waals surface area contributed by atoms with E-state index in [4.69, 9.17) is 0 Å². The fraction of sp³-hybridized carbons (Fsp3) is 0.214. The first-order chi connectivity index (χ1) is 16.4. The molecule has 2 fully saturated rings. The number of benzene rings is 3. The number of carbonyl (C=O) groups excluding carboxylic acids is 2. The second-order valence-corrected chi connectivity index (χ2v) is 8.84. The normalized spacial score (nSPS) is 19.7. The molecule has 1 atom stereocenters. The maximum Gasteiger partial charge on any atom is 0.300 e. The molecule has 172 valence electrons. The van der Waals surface area contributed by atoms with E-state index in [2.05, 4.69) is 4.90 Å². The van der Waals surface area contributed by atoms with Crippen LogP contribution in [-0.2, 0) is 9.59 Å². The summed E-state index contributed by atoms with van der Waals surface area (Å²) in [6, 6.07) is 20.3. The van der Waals surface area contributed by atoms with Gasteiger partial charge in [0.15, 0.2) is 0 Å². The molecule has 0 saturated carbocycles. The largest absolute Gasteiger partial charge is 0.508 e. The summed E-state index contributed by atoms with van der Waals surface area (Å²) in [6.45, 7) is 3.94. The average Bonchev–Trinajstić information content (AvgIpc) is 3.47. The molecule has 0 spiro atoms. The molecule has 0 bridgehead atoms. The van der Waals surface area contributed by atoms with Gasteiger partial charge in [-0.1, -0.05) is 42.0 Å². The molecule has 5 rings (SSSR count). The van der Waals surface area contributed by atoms with Crippen molar-refractivity contribution in [2.24, 2.45) is 0 Å². The van der Waals surface area contributed by atoms with Crippen molar-refractivity contribution in [2.75, 3.05) is 22.9 Å². The molecule has 3 aromatic carbocycles. The number of carbonyl (C=O) groups is 2. The average molecular weight is 455 g/mol. The summed E-state index contributed by atoms with van der Waals surface area (Å²) in [5.74, 6) is -1.68. The number of hydrogen-bond donors (Lipinski definition) is 2. The highest BCUT2D eigenvalue weighted by molar-refractivity contribution is 6.51. The summed E-state index contributed by atoms with van der Waals surface area (Å²) in [7, 11) is 0. The van der Waals surface area contributed by atoms with Gasteiger partial charge in [0.25, 0.3) is 11.7 Å². The number of aryl methyl sites for hydroxylation is 1. The standard InChI is InChI=1S/C28H26N2O4/c1-18-7-9-19(10-8-18)26(32)24-25(20-5-4-6-23(31)17-20)30(28(34)27(24)33)22-13-11-21(12-14-22)29-15-2-3-16-29/h4-14,17,25,31-32H,2-3,15-16H2,1H3/b26-24+. The first-order valence-electron chi connectivity index (χ1n) is 11.5. The zero-order valence-corrected chi connectivity index (χ0v) is 18.9. The Morgan fingerprint density at radius 3 is 2.18 bits per heavy atom. The number of Topliss-reactive ketones (excluding diaryl/α,β-unsaturated/α-hetero) is 1. The highest BCUT2D eigenvalue weighted by Gasteiger charge is 2.47. The molecule has 2 aliphatic rings. The van der Waals surface area contributed by atoms with Crippen molar-refractivity contribution in [2.45, 2.75) is 25.8 Å². The first kappa shape index (κ1) is 21.8. The van der Waals surface area contributed by atoms with Crippen LogP contribution in [0.3, 0.4) is 0 Å². The Morgan fingerprint density at radius 1 is 0.882 bits per heavy atom. The van der Waals surface area contributed by atoms with Crippen LogP contribution in [0.25, 0.3) is 5.76 Å². The molecule has 0 aliphatic carbocycles. The number of anilines is 2. The van der Waals surface area contributed by atoms with Gasteiger partial charge in [-0.25, -0.2) is 0 Å². The van der Waals surface area contributed by atoms with E-state index in [1.807, 2.05) is 43.3 Å². The predicted molar refractivity (Wildman–Crippen MR) is 132 cm³/mol. The predicted octanol–water partition coefficient (Wildman–Crippen LogP) is 4.93. The molecule has 2 heterocycles. The van der Waals surface area contributed by atoms with E-state index >= 15 is 0 Å². The van der Waals surface area contributed by atoms with Crippen molar-refractivity contribution >= 4 is 28.8 Å². The molecule has 3 aromatic rings. The topological polar surface area (TPSA) is 81.1 Å². The van der Waals surface area contributed by atoms with E-state index in [1.165, 1.54) is 17.0 Å². The Bertz CT molecular complexity index is 1270. The number of aliphatic hydroxyl groups excluding tert-OH is 1. The van der Waals surface area contributed by atoms with Gasteiger partial charge in [0.2, 0.25) is 0 Å². The third-order valence-electron chi connectivity index (χ3n) is 6.55. The quantitative estimate of drug-likeness (QED) is 0.332. The fourth-order valence-electron chi connectivity index (χ4n) is 4.78. The lowest BCUT2D eigenvalue weighted by Gasteiger charge is -2.26. The highest BCUT2D eigenvalue weighted by Crippen LogP contribution is 2.43. The number of hydrogen-bond acceptors (Lipinski definition) is 5. The maximum absolute atomic E-state index is 13.3. The Kier molecular flexibility index (Phi) is 5.57. The Morgan fingerprint density at radius 2 is 1.53 bits per heavy atom. The summed E-state index contributed by atoms with van der Waals surface area (Å²) in [5, 5.41) is 21.3. The van der Waals surface area contributed by atoms with Crippen LogP contribution >= 0.6 is 0 Å². The van der Waals surface area contributed by atoms with Crippen molar-refractivity contribution in [3.8, 4) is 5.75 Å². The van der Waals surface area contributed by atoms with Crippen LogP contribution in [0, 0.1) is 6.92 Å². The van der Waals surface area contributed by atoms with Crippen LogP contribution in [-0.4, -0.2) is 35.0 Å². The minimum absolute atomic E-state index is 0.00284. The van der Waals surface area contributed by atoms with Gasteiger partial charge < -0.3 is 15.1 Å². The van der Waals surface area contributed by atoms with E-state index in [-0.39, 0.29) is 17.1 Å². The molecule has 6 nitrogen and oxygen atoms in total. The SMILES string of the molecule is Cc1ccc(/C(O)=C2\C(=O)C(=O)N(c3ccc(N4CCCC4)cc3)C2c2cccc(O)c2)cc1. The van der Waals surface area contributed by atoms with Crippen LogP contribution in [0.15, 0.2) is 78.4 Å². The molecule has 34 heavy (non-hydrogen) atoms. The molecular weight excluding hydrogens is 428 g/mol. The van der Waals surface area contributed by atoms with Crippen LogP contribution < -0.4 is 9.80 Å². The molecule has 1 amide bonds. The minimum Gasteiger partial charge on any atom is -0.508 e. The lowest BCUT2D eigenvalue weighted by Crippen LogP contribution is -2.29. The van der Waals surface area contributed by atoms with Crippen molar-refractivity contribution in [1.29, 1.82) is 0 Å². The number of ketones is 1. The molecule has 2 aliphatic heterocycles. The molecule has 0 radical (unpaired) electrons. The zero-order valence-electron chi connectivity index (χ0n) is 18.9. The summed E-state index contributed by atoms with van der Waals surface area (Å²) in [4.78, 5) is 30.2. The molecule has 6 heteroatoms. The highest BCUT2D eigenvalue weighted by atomic mass is 16.3. The molecular formula is C28H26N2O4. The fourth-order valence-corrected chi connectivity index (χ4v) is 4.78. The summed E-state index contributed by atoms with van der Waals surface area (Å²) < 4.78 is 0. The Hall–Kier alpha value is -4.06. The molecule has 2 saturated heterocycles. The van der Waals surface area contributed by atoms with Gasteiger partial charge in [-0.3, -0.25) is 14.5 Å². The van der Waals surface area contributed by atoms with Crippen molar-refractivity contribution < 1.29 is 19.8 Å². The van der Waals surface area contributed by atoms with Gasteiger partial charge in [-0.15, -0.1) is 0 Å². The second kappa shape index (κ2) is 8.71. The second-order valence-electron chi connectivity index (χ2n) is 8.84. The van der Waals surface area contributed by atoms with Crippen molar-refractivity contribution in [1.82, 2.24) is 0 Å². The van der Waals surface area contributed by atoms with Crippen LogP contribution in [0.1, 0.15) is 35.6 Å². The number of nitrogens with zero attached hydrogens (tertiary/aromatic N) is 2. The number of phenols is 1. The van der Waals surface area contributed by atoms with Gasteiger partial charge in [0, 0.05) is 30.0 Å². The number of rotatable bonds is 4. The zero-order chi connectivity index (χ0) is 23.8. The van der Waals surface area contributed by atoms with E-state index in [0.717, 1.165) is 37.2 Å². The van der Waals surface area contributed by atoms with Gasteiger partial charge in [0.1, 0.15) is 11.5 Å². The van der Waals surface area contributed by atoms with Crippen molar-refractivity contribution in [3.05, 3.63) is 95.1 Å². The third kappa shape index (κ3) is 3.81. The van der Waals surface area contributed by atoms with Gasteiger partial charge >= 0.3 is 0 Å². The van der Waals surface area contributed by atoms with Crippen LogP contribution in [0.5, 0.6) is 5.75 Å². The van der Waals surface area contributed by atoms with E-state index < -0.39 is 17.7 Å². The van der Waals surface area contributed by atoms with E-state index in [0.29, 0.717) is 16.8 Å². The third-order valence-corrected chi connectivity index (χ3v) is 6.55. The van der Waals surface area contributed by atoms with Crippen LogP contribution in [0.2, 0.25) is 0 Å². The molecule has 1 unspecified atom stereocenters. The molecule has 0 aromatic heterocycles. The van der Waals surface area contributed by atoms with E-state index in [1.54, 1.807) is 24.3 Å². The maximum atomic E-state index is 13.3. The lowest BCUT2D eigenvalue weighted by atomic mass is 9.94. The van der Waals surface area contributed by atoms with Crippen LogP contribution in [0.4, 0.5) is 11.4 Å². The Balaban J connectivity index is 1.63. The Labute approximate surface area is 198 Å². The number of aliphatic hydroxyl groups is 1. The summed E-state index contributed by atoms with van der Waals surface area (Å²) in [5.41, 5.74) is 3.64. The summed E-state index contributed by atoms with van der Waals surface area (Å²) >= 11 is 0. The first-order valence-corrected chi connectivity index (χ1v) is 11.5. The van der Waals surface area contributed by atoms with Gasteiger partial charge in [-0.05, 0) is 61.7 Å². The number of amides is 1. The monoisotopic (exact) mass is 454 g/mol. The number of aromatic hydroxyl groups is 1. The van der Waals surface area contributed by atoms with E-state index in [9.17, 15) is 19.8 Å². The van der Waals surface area contributed by atoms with Gasteiger partial charge in [0.05, 0.1) is 11.6 Å². The minimum atomic E-state index is -0.869. The lowest BCUT2D eigenvalue weighted by molar-refractivity contribution is -0.132. The van der Waals surface area contributed by atoms with Gasteiger partial charge in [-0.2, -0.15) is 0 Å².